The van der Waals surface area contributed by atoms with E-state index in [1.54, 1.807) is 24.2 Å². The molecule has 294 valence electrons. The molecule has 4 unspecified atom stereocenters. The van der Waals surface area contributed by atoms with Gasteiger partial charge < -0.3 is 10.1 Å². The van der Waals surface area contributed by atoms with Crippen molar-refractivity contribution in [2.24, 2.45) is 17.3 Å². The van der Waals surface area contributed by atoms with E-state index >= 15 is 4.39 Å². The molecule has 1 saturated carbocycles. The van der Waals surface area contributed by atoms with Crippen molar-refractivity contribution in [3.8, 4) is 0 Å². The number of carbonyl (C=O) groups excluding carboxylic acids is 1. The summed E-state index contributed by atoms with van der Waals surface area (Å²) in [5.41, 5.74) is 1.78. The predicted molar refractivity (Wildman–Crippen MR) is 206 cm³/mol. The van der Waals surface area contributed by atoms with Crippen LogP contribution in [0, 0.1) is 42.1 Å². The third-order valence-corrected chi connectivity index (χ3v) is 17.0. The first-order valence-electron chi connectivity index (χ1n) is 20.2. The minimum Gasteiger partial charge on any atom is -0.711 e. The van der Waals surface area contributed by atoms with E-state index in [0.29, 0.717) is 47.9 Å². The number of amides is 1. The van der Waals surface area contributed by atoms with E-state index in [0.717, 1.165) is 76.6 Å². The van der Waals surface area contributed by atoms with E-state index in [4.69, 9.17) is 0 Å². The van der Waals surface area contributed by atoms with Gasteiger partial charge in [0.05, 0.1) is 10.8 Å². The third-order valence-electron chi connectivity index (χ3n) is 14.6. The largest absolute Gasteiger partial charge is 0.711 e. The lowest BCUT2D eigenvalue weighted by Gasteiger charge is -2.62. The van der Waals surface area contributed by atoms with Gasteiger partial charge in [-0.15, -0.1) is 0 Å². The summed E-state index contributed by atoms with van der Waals surface area (Å²) in [6.07, 6.45) is 7.88. The van der Waals surface area contributed by atoms with Crippen molar-refractivity contribution in [3.63, 3.8) is 0 Å². The molecule has 0 N–H and O–H groups in total. The minimum absolute atomic E-state index is 0.0475. The number of likely N-dealkylation sites (tertiary alicyclic amines) is 1. The van der Waals surface area contributed by atoms with Crippen LogP contribution in [0.2, 0.25) is 0 Å². The second-order valence-electron chi connectivity index (χ2n) is 17.1. The Labute approximate surface area is 317 Å². The summed E-state index contributed by atoms with van der Waals surface area (Å²) in [5, 5.41) is 12.1. The van der Waals surface area contributed by atoms with E-state index in [1.807, 2.05) is 11.0 Å². The van der Waals surface area contributed by atoms with Crippen molar-refractivity contribution in [1.29, 1.82) is 0 Å². The highest BCUT2D eigenvalue weighted by Gasteiger charge is 2.56. The number of hydrogen-bond donors (Lipinski definition) is 0. The van der Waals surface area contributed by atoms with Gasteiger partial charge in [-0.05, 0) is 101 Å². The predicted octanol–water partition coefficient (Wildman–Crippen LogP) is 6.03. The molecule has 6 rings (SSSR count). The molecule has 0 bridgehead atoms. The molecule has 3 aliphatic heterocycles. The molecule has 0 radical (unpaired) electrons. The first-order valence-corrected chi connectivity index (χ1v) is 21.7. The molecule has 4 atom stereocenters. The van der Waals surface area contributed by atoms with Crippen LogP contribution in [0.25, 0.3) is 0 Å². The van der Waals surface area contributed by atoms with Gasteiger partial charge in [-0.2, -0.15) is 0 Å². The average molecular weight is 755 g/mol. The van der Waals surface area contributed by atoms with Gasteiger partial charge in [0, 0.05) is 64.3 Å². The highest BCUT2D eigenvalue weighted by Crippen LogP contribution is 2.52. The van der Waals surface area contributed by atoms with Crippen LogP contribution >= 0.6 is 0 Å². The number of aryl methyl sites for hydroxylation is 1. The molecule has 1 amide bonds. The lowest BCUT2D eigenvalue weighted by atomic mass is 9.62. The van der Waals surface area contributed by atoms with Crippen molar-refractivity contribution in [2.75, 3.05) is 45.8 Å². The fraction of sp³-hybridized carbons (Fsp3) is 0.732. The standard InChI is InChI=1S/C41H63FN6O4S/c1-9-29(3)41(34-12-11-13-35(42)26-34,33-16-20-46(21-17-33)53(51,52)36-14-15-36)47-25-24-45(27-30(47)4)40(8,10-2)39(7)18-22-44(23-19-39)38(49)37-31(5)43-28-48(50)32(37)6/h11-13,26,28-30,33,36H,9-10,14-25,27H2,1-8H3. The second kappa shape index (κ2) is 15.1. The molecule has 4 aliphatic rings. The maximum absolute atomic E-state index is 15.2. The van der Waals surface area contributed by atoms with Crippen LogP contribution in [0.1, 0.15) is 120 Å². The van der Waals surface area contributed by atoms with Crippen LogP contribution in [0.15, 0.2) is 30.6 Å². The monoisotopic (exact) mass is 754 g/mol. The van der Waals surface area contributed by atoms with E-state index in [1.165, 1.54) is 12.4 Å². The molecule has 1 aliphatic carbocycles. The Hall–Kier alpha value is -2.67. The number of nitrogens with zero attached hydrogens (tertiary/aromatic N) is 6. The molecule has 1 aromatic heterocycles. The molecule has 2 aromatic rings. The Balaban J connectivity index is 1.24. The molecular formula is C41H63FN6O4S. The number of halogens is 1. The topological polar surface area (TPSA) is 104 Å². The Morgan fingerprint density at radius 2 is 1.74 bits per heavy atom. The molecule has 3 saturated heterocycles. The highest BCUT2D eigenvalue weighted by atomic mass is 32.2. The Morgan fingerprint density at radius 3 is 2.30 bits per heavy atom. The summed E-state index contributed by atoms with van der Waals surface area (Å²) in [7, 11) is -3.25. The Morgan fingerprint density at radius 1 is 1.08 bits per heavy atom. The van der Waals surface area contributed by atoms with Crippen molar-refractivity contribution in [2.45, 2.75) is 129 Å². The SMILES string of the molecule is CCC(C)C(c1cccc(F)c1)(C1CCN(S(=O)(=O)C2CC2)CC1)N1CCN(C(C)(CC)C2(C)CCN(C(=O)c3c(C)nc[n+]([O-])c3C)CC2)CC1C. The molecule has 12 heteroatoms. The van der Waals surface area contributed by atoms with Gasteiger partial charge in [-0.25, -0.2) is 21.8 Å². The van der Waals surface area contributed by atoms with Crippen LogP contribution in [0.3, 0.4) is 0 Å². The molecule has 53 heavy (non-hydrogen) atoms. The average Bonchev–Trinajstić information content (AvgIpc) is 4.01. The van der Waals surface area contributed by atoms with Gasteiger partial charge in [-0.3, -0.25) is 14.6 Å². The fourth-order valence-electron chi connectivity index (χ4n) is 10.6. The zero-order valence-electron chi connectivity index (χ0n) is 33.4. The van der Waals surface area contributed by atoms with Crippen molar-refractivity contribution < 1.29 is 22.3 Å². The Kier molecular flexibility index (Phi) is 11.4. The zero-order valence-corrected chi connectivity index (χ0v) is 34.2. The summed E-state index contributed by atoms with van der Waals surface area (Å²) >= 11 is 0. The van der Waals surface area contributed by atoms with Crippen molar-refractivity contribution >= 4 is 15.9 Å². The van der Waals surface area contributed by atoms with E-state index < -0.39 is 15.6 Å². The van der Waals surface area contributed by atoms with Gasteiger partial charge in [0.15, 0.2) is 5.69 Å². The van der Waals surface area contributed by atoms with Gasteiger partial charge in [0.25, 0.3) is 12.2 Å². The number of benzene rings is 1. The lowest BCUT2D eigenvalue weighted by Crippen LogP contribution is -2.70. The van der Waals surface area contributed by atoms with E-state index in [-0.39, 0.29) is 45.8 Å². The zero-order chi connectivity index (χ0) is 38.5. The number of hydrogen-bond acceptors (Lipinski definition) is 7. The number of piperazine rings is 1. The first kappa shape index (κ1) is 40.0. The van der Waals surface area contributed by atoms with Crippen LogP contribution < -0.4 is 4.73 Å². The molecule has 4 fully saturated rings. The third kappa shape index (κ3) is 6.92. The van der Waals surface area contributed by atoms with Gasteiger partial charge in [0.1, 0.15) is 17.1 Å². The summed E-state index contributed by atoms with van der Waals surface area (Å²) in [5.74, 6) is 0.0523. The quantitative estimate of drug-likeness (QED) is 0.204. The smallest absolute Gasteiger partial charge is 0.289 e. The number of rotatable bonds is 11. The lowest BCUT2D eigenvalue weighted by molar-refractivity contribution is -0.615. The summed E-state index contributed by atoms with van der Waals surface area (Å²) in [6.45, 7) is 22.3. The maximum Gasteiger partial charge on any atom is 0.289 e. The maximum atomic E-state index is 15.2. The molecule has 4 heterocycles. The summed E-state index contributed by atoms with van der Waals surface area (Å²) in [6, 6.07) is 7.40. The number of carbonyl (C=O) groups is 1. The van der Waals surface area contributed by atoms with Crippen LogP contribution in [0.5, 0.6) is 0 Å². The Bertz CT molecular complexity index is 1760. The van der Waals surface area contributed by atoms with Crippen LogP contribution in [0.4, 0.5) is 4.39 Å². The van der Waals surface area contributed by atoms with Crippen LogP contribution in [-0.2, 0) is 15.6 Å². The highest BCUT2D eigenvalue weighted by molar-refractivity contribution is 7.90. The fourth-order valence-corrected chi connectivity index (χ4v) is 12.5. The molecule has 1 aromatic carbocycles. The van der Waals surface area contributed by atoms with Crippen molar-refractivity contribution in [1.82, 2.24) is 24.0 Å². The number of sulfonamides is 1. The molecular weight excluding hydrogens is 692 g/mol. The van der Waals surface area contributed by atoms with E-state index in [2.05, 4.69) is 62.4 Å². The van der Waals surface area contributed by atoms with E-state index in [9.17, 15) is 18.4 Å². The molecule has 0 spiro atoms. The van der Waals surface area contributed by atoms with Gasteiger partial charge >= 0.3 is 0 Å². The summed E-state index contributed by atoms with van der Waals surface area (Å²) < 4.78 is 44.1. The van der Waals surface area contributed by atoms with Crippen LogP contribution in [-0.4, -0.2) is 101 Å². The number of piperidine rings is 2. The van der Waals surface area contributed by atoms with Gasteiger partial charge in [0.2, 0.25) is 10.0 Å². The van der Waals surface area contributed by atoms with Crippen molar-refractivity contribution in [3.05, 3.63) is 64.1 Å². The molecule has 10 nitrogen and oxygen atoms in total. The van der Waals surface area contributed by atoms with Gasteiger partial charge in [-0.1, -0.05) is 51.2 Å². The normalized spacial score (nSPS) is 25.5. The minimum atomic E-state index is -3.25. The summed E-state index contributed by atoms with van der Waals surface area (Å²) in [4.78, 5) is 25.2. The second-order valence-corrected chi connectivity index (χ2v) is 19.4. The number of aromatic nitrogens is 2. The first-order chi connectivity index (χ1) is 25.0.